The van der Waals surface area contributed by atoms with E-state index in [2.05, 4.69) is 29.8 Å². The van der Waals surface area contributed by atoms with Gasteiger partial charge in [0.25, 0.3) is 5.91 Å². The van der Waals surface area contributed by atoms with Crippen LogP contribution in [0.5, 0.6) is 5.75 Å². The van der Waals surface area contributed by atoms with E-state index in [1.165, 1.54) is 6.42 Å². The summed E-state index contributed by atoms with van der Waals surface area (Å²) in [6.45, 7) is 4.08. The highest BCUT2D eigenvalue weighted by Gasteiger charge is 2.29. The van der Waals surface area contributed by atoms with E-state index in [-0.39, 0.29) is 31.2 Å². The molecule has 0 bridgehead atoms. The highest BCUT2D eigenvalue weighted by Crippen LogP contribution is 2.25. The average molecular weight is 356 g/mol. The summed E-state index contributed by atoms with van der Waals surface area (Å²) in [6.07, 6.45) is 3.28. The van der Waals surface area contributed by atoms with Crippen LogP contribution < -0.4 is 4.74 Å². The monoisotopic (exact) mass is 355 g/mol. The highest BCUT2D eigenvalue weighted by molar-refractivity contribution is 9.10. The Morgan fingerprint density at radius 2 is 2.05 bits per heavy atom. The summed E-state index contributed by atoms with van der Waals surface area (Å²) in [6, 6.07) is 5.95. The van der Waals surface area contributed by atoms with Crippen LogP contribution in [0.1, 0.15) is 38.7 Å². The van der Waals surface area contributed by atoms with Gasteiger partial charge in [0.15, 0.2) is 6.61 Å². The number of carbonyl (C=O) groups is 1. The lowest BCUT2D eigenvalue weighted by atomic mass is 9.97. The van der Waals surface area contributed by atoms with Crippen LogP contribution in [0.3, 0.4) is 0 Å². The molecule has 116 valence electrons. The van der Waals surface area contributed by atoms with Crippen LogP contribution in [0.25, 0.3) is 0 Å². The summed E-state index contributed by atoms with van der Waals surface area (Å²) in [5, 5.41) is 9.34. The number of amides is 1. The van der Waals surface area contributed by atoms with Crippen molar-refractivity contribution in [2.75, 3.05) is 6.61 Å². The van der Waals surface area contributed by atoms with Gasteiger partial charge in [0, 0.05) is 22.1 Å². The standard InChI is InChI=1S/C16H22BrNO3/c1-11-4-3-5-12(2)18(11)16(20)10-21-15-7-6-14(17)8-13(15)9-19/h6-8,11-12,19H,3-5,9-10H2,1-2H3/t11-,12+. The first-order valence-corrected chi connectivity index (χ1v) is 8.15. The molecule has 1 aliphatic rings. The van der Waals surface area contributed by atoms with Crippen LogP contribution in [0.15, 0.2) is 22.7 Å². The SMILES string of the molecule is C[C@@H]1CCC[C@H](C)N1C(=O)COc1ccc(Br)cc1CO. The van der Waals surface area contributed by atoms with Gasteiger partial charge in [-0.25, -0.2) is 0 Å². The Kier molecular flexibility index (Phi) is 5.65. The fourth-order valence-corrected chi connectivity index (χ4v) is 3.35. The first-order valence-electron chi connectivity index (χ1n) is 7.36. The molecule has 1 fully saturated rings. The van der Waals surface area contributed by atoms with E-state index in [4.69, 9.17) is 4.74 Å². The number of aliphatic hydroxyl groups excluding tert-OH is 1. The van der Waals surface area contributed by atoms with E-state index >= 15 is 0 Å². The third-order valence-corrected chi connectivity index (χ3v) is 4.52. The second-order valence-corrected chi connectivity index (χ2v) is 6.54. The lowest BCUT2D eigenvalue weighted by Gasteiger charge is -2.39. The number of halogens is 1. The normalized spacial score (nSPS) is 22.2. The van der Waals surface area contributed by atoms with Crippen molar-refractivity contribution in [1.82, 2.24) is 4.90 Å². The molecule has 0 radical (unpaired) electrons. The van der Waals surface area contributed by atoms with Crippen LogP contribution in [0.2, 0.25) is 0 Å². The maximum atomic E-state index is 12.4. The predicted molar refractivity (Wildman–Crippen MR) is 85.2 cm³/mol. The molecule has 5 heteroatoms. The summed E-state index contributed by atoms with van der Waals surface area (Å²) >= 11 is 3.35. The molecule has 1 aromatic rings. The van der Waals surface area contributed by atoms with Crippen molar-refractivity contribution >= 4 is 21.8 Å². The lowest BCUT2D eigenvalue weighted by molar-refractivity contribution is -0.139. The Balaban J connectivity index is 2.00. The van der Waals surface area contributed by atoms with Gasteiger partial charge in [0.1, 0.15) is 5.75 Å². The number of hydrogen-bond donors (Lipinski definition) is 1. The van der Waals surface area contributed by atoms with Crippen LogP contribution in [0.4, 0.5) is 0 Å². The largest absolute Gasteiger partial charge is 0.483 e. The van der Waals surface area contributed by atoms with Crippen LogP contribution in [-0.2, 0) is 11.4 Å². The Morgan fingerprint density at radius 1 is 1.38 bits per heavy atom. The molecule has 1 saturated heterocycles. The number of piperidine rings is 1. The molecule has 21 heavy (non-hydrogen) atoms. The zero-order chi connectivity index (χ0) is 15.4. The molecular formula is C16H22BrNO3. The van der Waals surface area contributed by atoms with Crippen molar-refractivity contribution in [2.24, 2.45) is 0 Å². The van der Waals surface area contributed by atoms with Crippen molar-refractivity contribution in [3.05, 3.63) is 28.2 Å². The Hall–Kier alpha value is -1.07. The zero-order valence-corrected chi connectivity index (χ0v) is 14.1. The lowest BCUT2D eigenvalue weighted by Crippen LogP contribution is -2.49. The molecule has 0 spiro atoms. The van der Waals surface area contributed by atoms with Gasteiger partial charge in [-0.1, -0.05) is 15.9 Å². The molecule has 0 unspecified atom stereocenters. The topological polar surface area (TPSA) is 49.8 Å². The summed E-state index contributed by atoms with van der Waals surface area (Å²) in [5.41, 5.74) is 0.678. The van der Waals surface area contributed by atoms with E-state index in [9.17, 15) is 9.90 Å². The predicted octanol–water partition coefficient (Wildman–Crippen LogP) is 3.11. The summed E-state index contributed by atoms with van der Waals surface area (Å²) < 4.78 is 6.50. The van der Waals surface area contributed by atoms with Crippen LogP contribution in [0, 0.1) is 0 Å². The molecule has 1 amide bonds. The Morgan fingerprint density at radius 3 is 2.67 bits per heavy atom. The zero-order valence-electron chi connectivity index (χ0n) is 12.5. The smallest absolute Gasteiger partial charge is 0.260 e. The maximum Gasteiger partial charge on any atom is 0.260 e. The number of likely N-dealkylation sites (tertiary alicyclic amines) is 1. The second-order valence-electron chi connectivity index (χ2n) is 5.63. The van der Waals surface area contributed by atoms with Gasteiger partial charge in [-0.2, -0.15) is 0 Å². The molecule has 0 saturated carbocycles. The number of ether oxygens (including phenoxy) is 1. The third kappa shape index (κ3) is 3.98. The number of nitrogens with zero attached hydrogens (tertiary/aromatic N) is 1. The van der Waals surface area contributed by atoms with Crippen molar-refractivity contribution in [3.8, 4) is 5.75 Å². The molecular weight excluding hydrogens is 334 g/mol. The summed E-state index contributed by atoms with van der Waals surface area (Å²) in [4.78, 5) is 14.3. The molecule has 1 heterocycles. The Labute approximate surface area is 134 Å². The van der Waals surface area contributed by atoms with E-state index < -0.39 is 0 Å². The van der Waals surface area contributed by atoms with Crippen molar-refractivity contribution in [3.63, 3.8) is 0 Å². The molecule has 4 nitrogen and oxygen atoms in total. The van der Waals surface area contributed by atoms with Gasteiger partial charge in [-0.15, -0.1) is 0 Å². The minimum Gasteiger partial charge on any atom is -0.483 e. The molecule has 1 aliphatic heterocycles. The first kappa shape index (κ1) is 16.3. The number of aliphatic hydroxyl groups is 1. The van der Waals surface area contributed by atoms with Gasteiger partial charge in [0.2, 0.25) is 0 Å². The molecule has 2 atom stereocenters. The van der Waals surface area contributed by atoms with Gasteiger partial charge in [0.05, 0.1) is 6.61 Å². The molecule has 1 N–H and O–H groups in total. The number of rotatable bonds is 4. The quantitative estimate of drug-likeness (QED) is 0.902. The van der Waals surface area contributed by atoms with Crippen molar-refractivity contribution < 1.29 is 14.6 Å². The van der Waals surface area contributed by atoms with E-state index in [0.717, 1.165) is 17.3 Å². The minimum absolute atomic E-state index is 0.0153. The van der Waals surface area contributed by atoms with Crippen molar-refractivity contribution in [2.45, 2.75) is 51.8 Å². The average Bonchev–Trinajstić information content (AvgIpc) is 2.45. The second kappa shape index (κ2) is 7.27. The molecule has 2 rings (SSSR count). The molecule has 0 aliphatic carbocycles. The third-order valence-electron chi connectivity index (χ3n) is 4.03. The van der Waals surface area contributed by atoms with E-state index in [0.29, 0.717) is 11.3 Å². The fraction of sp³-hybridized carbons (Fsp3) is 0.562. The van der Waals surface area contributed by atoms with E-state index in [1.807, 2.05) is 11.0 Å². The first-order chi connectivity index (χ1) is 10.0. The maximum absolute atomic E-state index is 12.4. The molecule has 0 aromatic heterocycles. The van der Waals surface area contributed by atoms with Gasteiger partial charge >= 0.3 is 0 Å². The summed E-state index contributed by atoms with van der Waals surface area (Å²) in [5.74, 6) is 0.577. The van der Waals surface area contributed by atoms with Gasteiger partial charge in [-0.3, -0.25) is 4.79 Å². The van der Waals surface area contributed by atoms with E-state index in [1.54, 1.807) is 12.1 Å². The number of benzene rings is 1. The van der Waals surface area contributed by atoms with Gasteiger partial charge in [-0.05, 0) is 51.3 Å². The van der Waals surface area contributed by atoms with Crippen LogP contribution in [-0.4, -0.2) is 34.6 Å². The van der Waals surface area contributed by atoms with Crippen molar-refractivity contribution in [1.29, 1.82) is 0 Å². The number of hydrogen-bond acceptors (Lipinski definition) is 3. The molecule has 1 aromatic carbocycles. The van der Waals surface area contributed by atoms with Gasteiger partial charge < -0.3 is 14.7 Å². The summed E-state index contributed by atoms with van der Waals surface area (Å²) in [7, 11) is 0. The highest BCUT2D eigenvalue weighted by atomic mass is 79.9. The van der Waals surface area contributed by atoms with Crippen LogP contribution >= 0.6 is 15.9 Å². The fourth-order valence-electron chi connectivity index (χ4n) is 2.94. The number of carbonyl (C=O) groups excluding carboxylic acids is 1. The minimum atomic E-state index is -0.112. The Bertz CT molecular complexity index is 496.